The molecule has 0 radical (unpaired) electrons. The van der Waals surface area contributed by atoms with E-state index < -0.39 is 35.2 Å². The van der Waals surface area contributed by atoms with E-state index in [1.165, 1.54) is 13.1 Å². The van der Waals surface area contributed by atoms with Gasteiger partial charge in [0.2, 0.25) is 0 Å². The van der Waals surface area contributed by atoms with E-state index in [0.29, 0.717) is 24.0 Å². The molecule has 1 saturated carbocycles. The third kappa shape index (κ3) is 3.94. The van der Waals surface area contributed by atoms with Crippen LogP contribution in [0.3, 0.4) is 0 Å². The Morgan fingerprint density at radius 1 is 1.31 bits per heavy atom. The highest BCUT2D eigenvalue weighted by atomic mass is 19.4. The highest BCUT2D eigenvalue weighted by Gasteiger charge is 2.50. The Morgan fingerprint density at radius 2 is 1.97 bits per heavy atom. The van der Waals surface area contributed by atoms with Crippen LogP contribution in [0.5, 0.6) is 0 Å². The molecule has 1 aromatic heterocycles. The number of carbonyl (C=O) groups is 1. The summed E-state index contributed by atoms with van der Waals surface area (Å²) in [6.45, 7) is 1.65. The maximum atomic E-state index is 13.0. The lowest BCUT2D eigenvalue weighted by molar-refractivity contribution is -0.137. The van der Waals surface area contributed by atoms with Crippen LogP contribution >= 0.6 is 0 Å². The molecule has 0 spiro atoms. The van der Waals surface area contributed by atoms with Gasteiger partial charge in [-0.3, -0.25) is 4.68 Å². The molecule has 1 aliphatic rings. The number of aryl methyl sites for hydroxylation is 2. The molecule has 11 heteroatoms. The number of carbonyl (C=O) groups excluding carboxylic acids is 1. The normalized spacial score (nSPS) is 16.2. The first-order valence-corrected chi connectivity index (χ1v) is 8.51. The van der Waals surface area contributed by atoms with Crippen LogP contribution in [0.25, 0.3) is 0 Å². The molecule has 0 amide bonds. The standard InChI is InChI=1S/C18H17F5N4O2/c1-9-3-4-10(18(21,22)23)7-11(9)17(5-6-17)16(24)26-29-15(28)12-8-13(14(19)20)27(2)25-12/h3-4,7-8,14H,5-6H2,1-2H3,(H2,24,26). The summed E-state index contributed by atoms with van der Waals surface area (Å²) in [5.41, 5.74) is 4.21. The van der Waals surface area contributed by atoms with E-state index >= 15 is 0 Å². The third-order valence-corrected chi connectivity index (χ3v) is 4.90. The molecule has 156 valence electrons. The molecular formula is C18H17F5N4O2. The van der Waals surface area contributed by atoms with Crippen molar-refractivity contribution in [2.24, 2.45) is 17.9 Å². The molecule has 0 atom stereocenters. The minimum atomic E-state index is -4.52. The Bertz CT molecular complexity index is 977. The number of rotatable bonds is 5. The van der Waals surface area contributed by atoms with Crippen LogP contribution in [0, 0.1) is 6.92 Å². The van der Waals surface area contributed by atoms with E-state index in [2.05, 4.69) is 10.3 Å². The van der Waals surface area contributed by atoms with E-state index in [1.54, 1.807) is 6.92 Å². The van der Waals surface area contributed by atoms with Gasteiger partial charge in [0.25, 0.3) is 6.43 Å². The fourth-order valence-corrected chi connectivity index (χ4v) is 3.11. The van der Waals surface area contributed by atoms with Crippen LogP contribution in [-0.4, -0.2) is 21.6 Å². The lowest BCUT2D eigenvalue weighted by Crippen LogP contribution is -2.30. The molecule has 1 aliphatic carbocycles. The number of amidine groups is 1. The number of nitrogens with zero attached hydrogens (tertiary/aromatic N) is 3. The molecule has 3 rings (SSSR count). The van der Waals surface area contributed by atoms with Crippen molar-refractivity contribution < 1.29 is 31.6 Å². The van der Waals surface area contributed by atoms with E-state index in [1.807, 2.05) is 0 Å². The smallest absolute Gasteiger partial charge is 0.384 e. The average molecular weight is 416 g/mol. The average Bonchev–Trinajstić information content (AvgIpc) is 3.34. The van der Waals surface area contributed by atoms with Crippen molar-refractivity contribution in [3.05, 3.63) is 52.3 Å². The number of benzene rings is 1. The number of hydrogen-bond acceptors (Lipinski definition) is 4. The number of hydrogen-bond donors (Lipinski definition) is 1. The molecule has 29 heavy (non-hydrogen) atoms. The van der Waals surface area contributed by atoms with E-state index in [-0.39, 0.29) is 11.5 Å². The summed E-state index contributed by atoms with van der Waals surface area (Å²) in [5, 5.41) is 7.18. The Morgan fingerprint density at radius 3 is 2.48 bits per heavy atom. The monoisotopic (exact) mass is 416 g/mol. The highest BCUT2D eigenvalue weighted by molar-refractivity contribution is 5.95. The van der Waals surface area contributed by atoms with Gasteiger partial charge in [-0.1, -0.05) is 11.2 Å². The molecule has 0 aliphatic heterocycles. The van der Waals surface area contributed by atoms with Gasteiger partial charge in [-0.15, -0.1) is 0 Å². The van der Waals surface area contributed by atoms with Crippen molar-refractivity contribution in [1.82, 2.24) is 9.78 Å². The first-order chi connectivity index (χ1) is 13.5. The number of alkyl halides is 5. The van der Waals surface area contributed by atoms with Crippen LogP contribution in [0.1, 0.15) is 52.1 Å². The summed E-state index contributed by atoms with van der Waals surface area (Å²) in [5.74, 6) is -1.27. The van der Waals surface area contributed by atoms with E-state index in [0.717, 1.165) is 22.9 Å². The van der Waals surface area contributed by atoms with E-state index in [9.17, 15) is 26.7 Å². The maximum Gasteiger partial charge on any atom is 0.416 e. The fourth-order valence-electron chi connectivity index (χ4n) is 3.11. The van der Waals surface area contributed by atoms with Gasteiger partial charge in [-0.2, -0.15) is 18.3 Å². The molecule has 1 heterocycles. The Kier molecular flexibility index (Phi) is 5.10. The Labute approximate surface area is 162 Å². The summed E-state index contributed by atoms with van der Waals surface area (Å²) >= 11 is 0. The first kappa shape index (κ1) is 20.7. The minimum absolute atomic E-state index is 0.168. The number of oxime groups is 1. The summed E-state index contributed by atoms with van der Waals surface area (Å²) in [6.07, 6.45) is -6.48. The zero-order valence-electron chi connectivity index (χ0n) is 15.4. The van der Waals surface area contributed by atoms with Gasteiger partial charge in [0, 0.05) is 13.1 Å². The predicted molar refractivity (Wildman–Crippen MR) is 92.3 cm³/mol. The summed E-state index contributed by atoms with van der Waals surface area (Å²) in [6, 6.07) is 4.20. The molecule has 0 saturated heterocycles. The largest absolute Gasteiger partial charge is 0.416 e. The van der Waals surface area contributed by atoms with Crippen molar-refractivity contribution in [3.63, 3.8) is 0 Å². The quantitative estimate of drug-likeness (QED) is 0.264. The van der Waals surface area contributed by atoms with Crippen LogP contribution < -0.4 is 5.73 Å². The van der Waals surface area contributed by atoms with Crippen molar-refractivity contribution in [2.75, 3.05) is 0 Å². The molecule has 0 unspecified atom stereocenters. The van der Waals surface area contributed by atoms with Crippen LogP contribution in [0.4, 0.5) is 22.0 Å². The molecule has 2 aromatic rings. The van der Waals surface area contributed by atoms with Gasteiger partial charge < -0.3 is 10.6 Å². The van der Waals surface area contributed by atoms with Crippen molar-refractivity contribution in [3.8, 4) is 0 Å². The second-order valence-electron chi connectivity index (χ2n) is 6.84. The first-order valence-electron chi connectivity index (χ1n) is 8.51. The summed E-state index contributed by atoms with van der Waals surface area (Å²) < 4.78 is 65.6. The zero-order valence-corrected chi connectivity index (χ0v) is 15.4. The van der Waals surface area contributed by atoms with E-state index in [4.69, 9.17) is 10.6 Å². The van der Waals surface area contributed by atoms with Crippen molar-refractivity contribution in [1.29, 1.82) is 0 Å². The molecule has 2 N–H and O–H groups in total. The number of aromatic nitrogens is 2. The van der Waals surface area contributed by atoms with Gasteiger partial charge >= 0.3 is 12.1 Å². The number of nitrogens with two attached hydrogens (primary N) is 1. The minimum Gasteiger partial charge on any atom is -0.384 e. The predicted octanol–water partition coefficient (Wildman–Crippen LogP) is 3.85. The van der Waals surface area contributed by atoms with Gasteiger partial charge in [0.1, 0.15) is 5.69 Å². The lowest BCUT2D eigenvalue weighted by atomic mass is 9.89. The molecule has 1 fully saturated rings. The SMILES string of the molecule is Cc1ccc(C(F)(F)F)cc1C1(/C(N)=N/OC(=O)c2cc(C(F)F)n(C)n2)CC1. The van der Waals surface area contributed by atoms with Gasteiger partial charge in [-0.25, -0.2) is 13.6 Å². The van der Waals surface area contributed by atoms with Gasteiger partial charge in [0.15, 0.2) is 11.5 Å². The maximum absolute atomic E-state index is 13.0. The van der Waals surface area contributed by atoms with Crippen LogP contribution in [0.2, 0.25) is 0 Å². The van der Waals surface area contributed by atoms with Crippen molar-refractivity contribution in [2.45, 2.75) is 37.8 Å². The van der Waals surface area contributed by atoms with Gasteiger partial charge in [0.05, 0.1) is 11.0 Å². The van der Waals surface area contributed by atoms with Crippen molar-refractivity contribution >= 4 is 11.8 Å². The molecule has 6 nitrogen and oxygen atoms in total. The fraction of sp³-hybridized carbons (Fsp3) is 0.389. The number of halogens is 5. The second-order valence-corrected chi connectivity index (χ2v) is 6.84. The molecular weight excluding hydrogens is 399 g/mol. The Hall–Kier alpha value is -2.98. The topological polar surface area (TPSA) is 82.5 Å². The zero-order chi connectivity index (χ0) is 21.6. The highest BCUT2D eigenvalue weighted by Crippen LogP contribution is 2.50. The third-order valence-electron chi connectivity index (χ3n) is 4.90. The van der Waals surface area contributed by atoms with Gasteiger partial charge in [-0.05, 0) is 43.0 Å². The second kappa shape index (κ2) is 7.12. The molecule has 1 aromatic carbocycles. The molecule has 0 bridgehead atoms. The Balaban J connectivity index is 1.83. The summed E-state index contributed by atoms with van der Waals surface area (Å²) in [7, 11) is 1.24. The summed E-state index contributed by atoms with van der Waals surface area (Å²) in [4.78, 5) is 16.7. The van der Waals surface area contributed by atoms with Crippen LogP contribution in [-0.2, 0) is 23.5 Å². The van der Waals surface area contributed by atoms with Crippen LogP contribution in [0.15, 0.2) is 29.4 Å². The lowest BCUT2D eigenvalue weighted by Gasteiger charge is -2.19.